The first-order chi connectivity index (χ1) is 10.2. The molecule has 6 heteroatoms. The van der Waals surface area contributed by atoms with Crippen LogP contribution >= 0.6 is 11.3 Å². The Labute approximate surface area is 128 Å². The Morgan fingerprint density at radius 3 is 2.81 bits per heavy atom. The van der Waals surface area contributed by atoms with Crippen molar-refractivity contribution in [2.75, 3.05) is 31.6 Å². The third-order valence-electron chi connectivity index (χ3n) is 5.28. The van der Waals surface area contributed by atoms with E-state index in [4.69, 9.17) is 4.74 Å². The van der Waals surface area contributed by atoms with Gasteiger partial charge in [0.1, 0.15) is 0 Å². The number of hydrogen-bond donors (Lipinski definition) is 1. The molecule has 114 valence electrons. The maximum atomic E-state index is 12.2. The summed E-state index contributed by atoms with van der Waals surface area (Å²) in [6, 6.07) is 0.0160. The number of anilines is 1. The van der Waals surface area contributed by atoms with Crippen molar-refractivity contribution in [3.05, 3.63) is 11.1 Å². The Morgan fingerprint density at radius 1 is 1.38 bits per heavy atom. The van der Waals surface area contributed by atoms with Crippen LogP contribution < -0.4 is 5.32 Å². The van der Waals surface area contributed by atoms with Crippen LogP contribution in [-0.2, 0) is 4.74 Å². The molecule has 1 aromatic heterocycles. The largest absolute Gasteiger partial charge is 0.381 e. The summed E-state index contributed by atoms with van der Waals surface area (Å²) < 4.78 is 5.38. The molecule has 4 rings (SSSR count). The summed E-state index contributed by atoms with van der Waals surface area (Å²) >= 11 is 1.53. The second-order valence-electron chi connectivity index (χ2n) is 6.49. The molecule has 2 amide bonds. The molecule has 3 atom stereocenters. The number of amides is 2. The molecular weight excluding hydrogens is 286 g/mol. The number of thiazole rings is 1. The van der Waals surface area contributed by atoms with Crippen molar-refractivity contribution in [3.8, 4) is 0 Å². The predicted molar refractivity (Wildman–Crippen MR) is 81.6 cm³/mol. The van der Waals surface area contributed by atoms with E-state index < -0.39 is 0 Å². The number of nitrogens with one attached hydrogen (secondary N) is 1. The molecule has 1 aliphatic carbocycles. The van der Waals surface area contributed by atoms with Gasteiger partial charge in [-0.25, -0.2) is 9.78 Å². The van der Waals surface area contributed by atoms with Gasteiger partial charge in [-0.1, -0.05) is 6.92 Å². The van der Waals surface area contributed by atoms with Gasteiger partial charge in [-0.3, -0.25) is 5.32 Å². The zero-order valence-corrected chi connectivity index (χ0v) is 13.1. The first kappa shape index (κ1) is 13.5. The number of likely N-dealkylation sites (tertiary alicyclic amines) is 1. The van der Waals surface area contributed by atoms with Gasteiger partial charge in [0.05, 0.1) is 5.69 Å². The lowest BCUT2D eigenvalue weighted by Crippen LogP contribution is -2.35. The number of aromatic nitrogens is 1. The molecule has 0 radical (unpaired) electrons. The summed E-state index contributed by atoms with van der Waals surface area (Å²) in [7, 11) is 0. The van der Waals surface area contributed by atoms with Crippen LogP contribution in [0.1, 0.15) is 31.4 Å². The molecule has 0 bridgehead atoms. The van der Waals surface area contributed by atoms with E-state index >= 15 is 0 Å². The smallest absolute Gasteiger partial charge is 0.323 e. The highest BCUT2D eigenvalue weighted by atomic mass is 32.1. The second-order valence-corrected chi connectivity index (χ2v) is 7.34. The predicted octanol–water partition coefficient (Wildman–Crippen LogP) is 2.77. The van der Waals surface area contributed by atoms with Crippen molar-refractivity contribution >= 4 is 22.5 Å². The van der Waals surface area contributed by atoms with E-state index in [-0.39, 0.29) is 6.03 Å². The number of rotatable bonds is 2. The molecule has 21 heavy (non-hydrogen) atoms. The Morgan fingerprint density at radius 2 is 2.10 bits per heavy atom. The van der Waals surface area contributed by atoms with Crippen LogP contribution in [0.15, 0.2) is 5.38 Å². The fourth-order valence-corrected chi connectivity index (χ4v) is 4.47. The Kier molecular flexibility index (Phi) is 3.38. The molecule has 5 nitrogen and oxygen atoms in total. The van der Waals surface area contributed by atoms with Gasteiger partial charge in [-0.15, -0.1) is 11.3 Å². The van der Waals surface area contributed by atoms with Crippen LogP contribution in [0.3, 0.4) is 0 Å². The number of carbonyl (C=O) groups excluding carboxylic acids is 1. The lowest BCUT2D eigenvalue weighted by Gasteiger charge is -2.20. The fourth-order valence-electron chi connectivity index (χ4n) is 3.68. The number of ether oxygens (including phenoxy) is 1. The first-order valence-corrected chi connectivity index (χ1v) is 8.69. The number of piperidine rings is 1. The van der Waals surface area contributed by atoms with Crippen molar-refractivity contribution in [1.29, 1.82) is 0 Å². The molecule has 0 aromatic carbocycles. The zero-order chi connectivity index (χ0) is 14.4. The summed E-state index contributed by atoms with van der Waals surface area (Å²) in [6.45, 7) is 5.74. The quantitative estimate of drug-likeness (QED) is 0.914. The van der Waals surface area contributed by atoms with E-state index in [1.165, 1.54) is 11.3 Å². The summed E-state index contributed by atoms with van der Waals surface area (Å²) in [6.07, 6.45) is 2.06. The monoisotopic (exact) mass is 307 g/mol. The molecule has 1 unspecified atom stereocenters. The maximum absolute atomic E-state index is 12.2. The van der Waals surface area contributed by atoms with Crippen molar-refractivity contribution in [2.24, 2.45) is 17.8 Å². The maximum Gasteiger partial charge on any atom is 0.323 e. The minimum atomic E-state index is 0.0160. The highest BCUT2D eigenvalue weighted by Gasteiger charge is 2.53. The Balaban J connectivity index is 1.34. The minimum absolute atomic E-state index is 0.0160. The van der Waals surface area contributed by atoms with Crippen LogP contribution in [0, 0.1) is 17.8 Å². The summed E-state index contributed by atoms with van der Waals surface area (Å²) in [5, 5.41) is 5.77. The van der Waals surface area contributed by atoms with E-state index in [2.05, 4.69) is 22.6 Å². The van der Waals surface area contributed by atoms with Gasteiger partial charge in [0, 0.05) is 37.6 Å². The number of carbonyl (C=O) groups is 1. The number of nitrogens with zero attached hydrogens (tertiary/aromatic N) is 2. The Bertz CT molecular complexity index is 529. The molecule has 1 N–H and O–H groups in total. The molecule has 3 aliphatic rings. The highest BCUT2D eigenvalue weighted by Crippen LogP contribution is 2.51. The molecular formula is C15H21N3O2S. The van der Waals surface area contributed by atoms with Crippen LogP contribution in [0.4, 0.5) is 9.93 Å². The SMILES string of the molecule is CC1[C@H]2CN(C(=O)Nc3nc(C4CCOCC4)cs3)C[C@@H]12. The lowest BCUT2D eigenvalue weighted by molar-refractivity contribution is 0.0846. The van der Waals surface area contributed by atoms with Gasteiger partial charge in [0.15, 0.2) is 5.13 Å². The van der Waals surface area contributed by atoms with Crippen molar-refractivity contribution in [2.45, 2.75) is 25.7 Å². The number of fused-ring (bicyclic) bond motifs is 1. The van der Waals surface area contributed by atoms with Gasteiger partial charge in [0.2, 0.25) is 0 Å². The normalized spacial score (nSPS) is 32.0. The summed E-state index contributed by atoms with van der Waals surface area (Å²) in [5.41, 5.74) is 1.11. The van der Waals surface area contributed by atoms with Gasteiger partial charge < -0.3 is 9.64 Å². The standard InChI is InChI=1S/C15H21N3O2S/c1-9-11-6-18(7-12(9)11)15(19)17-14-16-13(8-21-14)10-2-4-20-5-3-10/h8-12H,2-7H2,1H3,(H,16,17,19)/t9?,11-,12+. The van der Waals surface area contributed by atoms with Gasteiger partial charge in [-0.2, -0.15) is 0 Å². The van der Waals surface area contributed by atoms with E-state index in [1.807, 2.05) is 4.90 Å². The highest BCUT2D eigenvalue weighted by molar-refractivity contribution is 7.13. The molecule has 2 aliphatic heterocycles. The Hall–Kier alpha value is -1.14. The number of hydrogen-bond acceptors (Lipinski definition) is 4. The fraction of sp³-hybridized carbons (Fsp3) is 0.733. The van der Waals surface area contributed by atoms with Crippen molar-refractivity contribution < 1.29 is 9.53 Å². The van der Waals surface area contributed by atoms with Crippen LogP contribution in [0.5, 0.6) is 0 Å². The first-order valence-electron chi connectivity index (χ1n) is 7.81. The zero-order valence-electron chi connectivity index (χ0n) is 12.2. The van der Waals surface area contributed by atoms with Crippen LogP contribution in [0.2, 0.25) is 0 Å². The van der Waals surface area contributed by atoms with E-state index in [1.54, 1.807) is 0 Å². The third kappa shape index (κ3) is 2.55. The second kappa shape index (κ2) is 5.25. The van der Waals surface area contributed by atoms with Crippen LogP contribution in [0.25, 0.3) is 0 Å². The van der Waals surface area contributed by atoms with Gasteiger partial charge in [-0.05, 0) is 30.6 Å². The molecule has 0 spiro atoms. The molecule has 3 heterocycles. The van der Waals surface area contributed by atoms with Gasteiger partial charge >= 0.3 is 6.03 Å². The molecule has 2 saturated heterocycles. The number of urea groups is 1. The van der Waals surface area contributed by atoms with E-state index in [0.29, 0.717) is 5.92 Å². The minimum Gasteiger partial charge on any atom is -0.381 e. The molecule has 1 aromatic rings. The van der Waals surface area contributed by atoms with Gasteiger partial charge in [0.25, 0.3) is 0 Å². The molecule has 1 saturated carbocycles. The topological polar surface area (TPSA) is 54.5 Å². The van der Waals surface area contributed by atoms with E-state index in [9.17, 15) is 4.79 Å². The average Bonchev–Trinajstić information content (AvgIpc) is 2.96. The average molecular weight is 307 g/mol. The summed E-state index contributed by atoms with van der Waals surface area (Å²) in [4.78, 5) is 18.8. The third-order valence-corrected chi connectivity index (χ3v) is 6.06. The van der Waals surface area contributed by atoms with Crippen molar-refractivity contribution in [1.82, 2.24) is 9.88 Å². The van der Waals surface area contributed by atoms with E-state index in [0.717, 1.165) is 67.7 Å². The molecule has 3 fully saturated rings. The van der Waals surface area contributed by atoms with Crippen LogP contribution in [-0.4, -0.2) is 42.2 Å². The lowest BCUT2D eigenvalue weighted by atomic mass is 9.98. The summed E-state index contributed by atoms with van der Waals surface area (Å²) in [5.74, 6) is 2.78. The van der Waals surface area contributed by atoms with Crippen molar-refractivity contribution in [3.63, 3.8) is 0 Å².